The van der Waals surface area contributed by atoms with Gasteiger partial charge >= 0.3 is 0 Å². The summed E-state index contributed by atoms with van der Waals surface area (Å²) < 4.78 is 0. The van der Waals surface area contributed by atoms with Crippen molar-refractivity contribution >= 4 is 43.4 Å². The van der Waals surface area contributed by atoms with Crippen molar-refractivity contribution in [2.24, 2.45) is 0 Å². The van der Waals surface area contributed by atoms with E-state index in [2.05, 4.69) is 170 Å². The lowest BCUT2D eigenvalue weighted by Crippen LogP contribution is -1.88. The fraction of sp³-hybridized carbons (Fsp3) is 0. The van der Waals surface area contributed by atoms with Gasteiger partial charge in [0.2, 0.25) is 0 Å². The Labute approximate surface area is 267 Å². The van der Waals surface area contributed by atoms with Crippen LogP contribution < -0.4 is 0 Å². The van der Waals surface area contributed by atoms with Crippen molar-refractivity contribution in [3.8, 4) is 44.8 Å². The fourth-order valence-corrected chi connectivity index (χ4v) is 6.54. The van der Waals surface area contributed by atoms with Crippen molar-refractivity contribution in [2.45, 2.75) is 0 Å². The summed E-state index contributed by atoms with van der Waals surface area (Å²) in [6.07, 6.45) is 0. The van der Waals surface area contributed by atoms with E-state index in [0.29, 0.717) is 0 Å². The molecule has 0 N–H and O–H groups in total. The standard InChI is InChI=1S/C44H28N2/c1-3-10-35-27-43-39(25-29(35)8-1)18-20-41(45-43)37-16-6-14-33(23-37)31-12-5-13-32(22-31)34-15-7-17-38(24-34)42-21-19-40-26-30-9-2-4-11-36(30)28-44(40)46-42/h1-28H. The van der Waals surface area contributed by atoms with E-state index in [-0.39, 0.29) is 0 Å². The minimum atomic E-state index is 0.976. The van der Waals surface area contributed by atoms with Gasteiger partial charge in [-0.25, -0.2) is 9.97 Å². The summed E-state index contributed by atoms with van der Waals surface area (Å²) in [5, 5.41) is 7.19. The van der Waals surface area contributed by atoms with Crippen LogP contribution in [-0.4, -0.2) is 9.97 Å². The molecule has 2 heterocycles. The quantitative estimate of drug-likeness (QED) is 0.192. The molecule has 46 heavy (non-hydrogen) atoms. The third-order valence-electron chi connectivity index (χ3n) is 8.96. The number of benzene rings is 7. The molecule has 0 unspecified atom stereocenters. The molecule has 0 bridgehead atoms. The molecule has 9 rings (SSSR count). The van der Waals surface area contributed by atoms with E-state index in [1.165, 1.54) is 43.8 Å². The lowest BCUT2D eigenvalue weighted by atomic mass is 9.96. The second-order valence-electron chi connectivity index (χ2n) is 11.9. The zero-order valence-electron chi connectivity index (χ0n) is 25.1. The van der Waals surface area contributed by atoms with Crippen LogP contribution in [0.2, 0.25) is 0 Å². The second kappa shape index (κ2) is 10.8. The van der Waals surface area contributed by atoms with E-state index in [1.807, 2.05) is 0 Å². The first-order valence-electron chi connectivity index (χ1n) is 15.6. The average Bonchev–Trinajstić information content (AvgIpc) is 3.13. The average molecular weight is 585 g/mol. The topological polar surface area (TPSA) is 25.8 Å². The van der Waals surface area contributed by atoms with Crippen LogP contribution in [0.3, 0.4) is 0 Å². The van der Waals surface area contributed by atoms with Gasteiger partial charge in [0.05, 0.1) is 22.4 Å². The Morgan fingerprint density at radius 3 is 1.00 bits per heavy atom. The summed E-state index contributed by atoms with van der Waals surface area (Å²) in [6, 6.07) is 60.5. The van der Waals surface area contributed by atoms with E-state index in [9.17, 15) is 0 Å². The third-order valence-corrected chi connectivity index (χ3v) is 8.96. The molecule has 2 heteroatoms. The van der Waals surface area contributed by atoms with Gasteiger partial charge in [0.25, 0.3) is 0 Å². The van der Waals surface area contributed by atoms with Gasteiger partial charge in [0.1, 0.15) is 0 Å². The van der Waals surface area contributed by atoms with Gasteiger partial charge < -0.3 is 0 Å². The van der Waals surface area contributed by atoms with Crippen molar-refractivity contribution in [2.75, 3.05) is 0 Å². The highest BCUT2D eigenvalue weighted by atomic mass is 14.7. The maximum absolute atomic E-state index is 5.06. The Kier molecular flexibility index (Phi) is 6.17. The van der Waals surface area contributed by atoms with E-state index in [0.717, 1.165) is 44.3 Å². The van der Waals surface area contributed by atoms with Crippen molar-refractivity contribution in [1.29, 1.82) is 0 Å². The number of rotatable bonds is 4. The molecule has 0 aliphatic heterocycles. The van der Waals surface area contributed by atoms with Crippen molar-refractivity contribution in [3.63, 3.8) is 0 Å². The summed E-state index contributed by atoms with van der Waals surface area (Å²) in [7, 11) is 0. The van der Waals surface area contributed by atoms with Crippen LogP contribution in [0.15, 0.2) is 170 Å². The van der Waals surface area contributed by atoms with Crippen LogP contribution in [0.1, 0.15) is 0 Å². The zero-order chi connectivity index (χ0) is 30.5. The molecule has 0 amide bonds. The van der Waals surface area contributed by atoms with Gasteiger partial charge in [-0.3, -0.25) is 0 Å². The van der Waals surface area contributed by atoms with Crippen molar-refractivity contribution in [1.82, 2.24) is 9.97 Å². The molecule has 0 aliphatic carbocycles. The summed E-state index contributed by atoms with van der Waals surface area (Å²) in [6.45, 7) is 0. The maximum atomic E-state index is 5.06. The molecule has 0 radical (unpaired) electrons. The minimum Gasteiger partial charge on any atom is -0.248 e. The predicted molar refractivity (Wildman–Crippen MR) is 194 cm³/mol. The van der Waals surface area contributed by atoms with Crippen LogP contribution in [0.25, 0.3) is 88.1 Å². The summed E-state index contributed by atoms with van der Waals surface area (Å²) in [4.78, 5) is 10.1. The Balaban J connectivity index is 1.05. The summed E-state index contributed by atoms with van der Waals surface area (Å²) in [5.74, 6) is 0. The Hall–Kier alpha value is -6.12. The number of hydrogen-bond donors (Lipinski definition) is 0. The van der Waals surface area contributed by atoms with Crippen LogP contribution >= 0.6 is 0 Å². The molecule has 0 saturated heterocycles. The largest absolute Gasteiger partial charge is 0.248 e. The van der Waals surface area contributed by atoms with E-state index in [4.69, 9.17) is 9.97 Å². The summed E-state index contributed by atoms with van der Waals surface area (Å²) >= 11 is 0. The first-order valence-corrected chi connectivity index (χ1v) is 15.6. The maximum Gasteiger partial charge on any atom is 0.0715 e. The molecule has 2 nitrogen and oxygen atoms in total. The van der Waals surface area contributed by atoms with Gasteiger partial charge in [0, 0.05) is 21.9 Å². The monoisotopic (exact) mass is 584 g/mol. The molecule has 0 fully saturated rings. The summed E-state index contributed by atoms with van der Waals surface area (Å²) in [5.41, 5.74) is 10.9. The second-order valence-corrected chi connectivity index (χ2v) is 11.9. The SMILES string of the molecule is c1cc(-c2cccc(-c3ccc4cc5ccccc5cc4n3)c2)cc(-c2cccc(-c3ccc4cc5ccccc5cc4n3)c2)c1. The molecular weight excluding hydrogens is 556 g/mol. The lowest BCUT2D eigenvalue weighted by Gasteiger charge is -2.10. The van der Waals surface area contributed by atoms with Crippen LogP contribution in [0.4, 0.5) is 0 Å². The van der Waals surface area contributed by atoms with Gasteiger partial charge in [-0.1, -0.05) is 115 Å². The van der Waals surface area contributed by atoms with Crippen molar-refractivity contribution in [3.05, 3.63) is 170 Å². The number of nitrogens with zero attached hydrogens (tertiary/aromatic N) is 2. The highest BCUT2D eigenvalue weighted by Gasteiger charge is 2.09. The van der Waals surface area contributed by atoms with Gasteiger partial charge in [0.15, 0.2) is 0 Å². The molecule has 214 valence electrons. The molecule has 7 aromatic carbocycles. The van der Waals surface area contributed by atoms with E-state index >= 15 is 0 Å². The number of hydrogen-bond acceptors (Lipinski definition) is 2. The van der Waals surface area contributed by atoms with Gasteiger partial charge in [-0.2, -0.15) is 0 Å². The number of aromatic nitrogens is 2. The normalized spacial score (nSPS) is 11.5. The van der Waals surface area contributed by atoms with Crippen LogP contribution in [0.5, 0.6) is 0 Å². The molecule has 2 aromatic heterocycles. The van der Waals surface area contributed by atoms with E-state index < -0.39 is 0 Å². The van der Waals surface area contributed by atoms with Crippen molar-refractivity contribution < 1.29 is 0 Å². The Bertz CT molecular complexity index is 2420. The highest BCUT2D eigenvalue weighted by molar-refractivity contribution is 5.98. The first-order chi connectivity index (χ1) is 22.7. The fourth-order valence-electron chi connectivity index (χ4n) is 6.54. The number of pyridine rings is 2. The van der Waals surface area contributed by atoms with Gasteiger partial charge in [-0.05, 0) is 98.4 Å². The molecule has 0 spiro atoms. The number of fused-ring (bicyclic) bond motifs is 4. The zero-order valence-corrected chi connectivity index (χ0v) is 25.1. The smallest absolute Gasteiger partial charge is 0.0715 e. The molecular formula is C44H28N2. The first kappa shape index (κ1) is 26.3. The predicted octanol–water partition coefficient (Wildman–Crippen LogP) is 11.8. The van der Waals surface area contributed by atoms with E-state index in [1.54, 1.807) is 0 Å². The third kappa shape index (κ3) is 4.77. The Morgan fingerprint density at radius 2 is 0.587 bits per heavy atom. The lowest BCUT2D eigenvalue weighted by molar-refractivity contribution is 1.40. The van der Waals surface area contributed by atoms with Crippen LogP contribution in [0, 0.1) is 0 Å². The molecule has 0 atom stereocenters. The minimum absolute atomic E-state index is 0.976. The Morgan fingerprint density at radius 1 is 0.239 bits per heavy atom. The molecule has 0 aliphatic rings. The molecule has 0 saturated carbocycles. The highest BCUT2D eigenvalue weighted by Crippen LogP contribution is 2.33. The molecule has 9 aromatic rings. The van der Waals surface area contributed by atoms with Gasteiger partial charge in [-0.15, -0.1) is 0 Å². The van der Waals surface area contributed by atoms with Crippen LogP contribution in [-0.2, 0) is 0 Å².